The van der Waals surface area contributed by atoms with Crippen molar-refractivity contribution in [3.63, 3.8) is 0 Å². The van der Waals surface area contributed by atoms with E-state index in [2.05, 4.69) is 15.9 Å². The predicted octanol–water partition coefficient (Wildman–Crippen LogP) is 2.85. The minimum Gasteiger partial charge on any atom is -0.491 e. The Balaban J connectivity index is 2.62. The van der Waals surface area contributed by atoms with E-state index in [1.807, 2.05) is 6.07 Å². The Hall–Kier alpha value is -1.28. The molecule has 0 fully saturated rings. The zero-order valence-electron chi connectivity index (χ0n) is 7.96. The van der Waals surface area contributed by atoms with Gasteiger partial charge in [0.15, 0.2) is 0 Å². The minimum absolute atomic E-state index is 0.310. The van der Waals surface area contributed by atoms with E-state index in [9.17, 15) is 4.39 Å². The van der Waals surface area contributed by atoms with E-state index in [-0.39, 0.29) is 0 Å². The maximum absolute atomic E-state index is 13.1. The van der Waals surface area contributed by atoms with E-state index in [0.717, 1.165) is 0 Å². The highest BCUT2D eigenvalue weighted by molar-refractivity contribution is 9.10. The molecule has 80 valence electrons. The van der Waals surface area contributed by atoms with E-state index in [1.54, 1.807) is 0 Å². The molecule has 3 nitrogen and oxygen atoms in total. The second-order valence-corrected chi connectivity index (χ2v) is 3.77. The molecule has 0 spiro atoms. The molecule has 0 saturated heterocycles. The van der Waals surface area contributed by atoms with Crippen molar-refractivity contribution in [2.75, 3.05) is 12.3 Å². The van der Waals surface area contributed by atoms with Gasteiger partial charge >= 0.3 is 0 Å². The number of halogens is 2. The second kappa shape index (κ2) is 5.56. The molecule has 0 amide bonds. The Morgan fingerprint density at radius 2 is 2.27 bits per heavy atom. The van der Waals surface area contributed by atoms with Gasteiger partial charge < -0.3 is 10.5 Å². The molecule has 0 atom stereocenters. The van der Waals surface area contributed by atoms with Gasteiger partial charge in [0, 0.05) is 12.5 Å². The largest absolute Gasteiger partial charge is 0.491 e. The number of nitrogens with zero attached hydrogens (tertiary/aromatic N) is 1. The summed E-state index contributed by atoms with van der Waals surface area (Å²) < 4.78 is 18.6. The molecule has 1 aromatic rings. The van der Waals surface area contributed by atoms with Crippen LogP contribution in [0.15, 0.2) is 16.6 Å². The summed E-state index contributed by atoms with van der Waals surface area (Å²) in [4.78, 5) is 0. The van der Waals surface area contributed by atoms with E-state index in [1.165, 1.54) is 12.1 Å². The number of benzene rings is 1. The summed E-state index contributed by atoms with van der Waals surface area (Å²) in [7, 11) is 0. The Morgan fingerprint density at radius 1 is 1.53 bits per heavy atom. The molecule has 0 aliphatic carbocycles. The summed E-state index contributed by atoms with van der Waals surface area (Å²) in [6.45, 7) is 0.360. The van der Waals surface area contributed by atoms with Gasteiger partial charge in [-0.05, 0) is 28.4 Å². The van der Waals surface area contributed by atoms with Crippen LogP contribution in [0.1, 0.15) is 12.8 Å². The molecule has 0 unspecified atom stereocenters. The number of nitrogen functional groups attached to an aromatic ring is 1. The molecule has 2 N–H and O–H groups in total. The van der Waals surface area contributed by atoms with E-state index >= 15 is 0 Å². The third-order valence-electron chi connectivity index (χ3n) is 1.74. The van der Waals surface area contributed by atoms with Crippen molar-refractivity contribution in [1.82, 2.24) is 0 Å². The lowest BCUT2D eigenvalue weighted by atomic mass is 10.3. The van der Waals surface area contributed by atoms with Crippen LogP contribution in [0.25, 0.3) is 0 Å². The van der Waals surface area contributed by atoms with Gasteiger partial charge in [-0.3, -0.25) is 0 Å². The van der Waals surface area contributed by atoms with Crippen LogP contribution in [-0.4, -0.2) is 6.61 Å². The van der Waals surface area contributed by atoms with Gasteiger partial charge in [-0.15, -0.1) is 0 Å². The standard InChI is InChI=1S/C10H10BrFN2O/c11-7-5-9(14)10(6-8(7)12)15-4-2-1-3-13/h5-6H,1-2,4,14H2. The smallest absolute Gasteiger partial charge is 0.145 e. The normalized spacial score (nSPS) is 9.67. The number of hydrogen-bond acceptors (Lipinski definition) is 3. The fourth-order valence-corrected chi connectivity index (χ4v) is 1.36. The molecule has 0 aliphatic heterocycles. The van der Waals surface area contributed by atoms with Gasteiger partial charge in [-0.2, -0.15) is 5.26 Å². The summed E-state index contributed by atoms with van der Waals surface area (Å²) in [5.74, 6) is -0.104. The fourth-order valence-electron chi connectivity index (χ4n) is 1.00. The lowest BCUT2D eigenvalue weighted by Gasteiger charge is -2.08. The van der Waals surface area contributed by atoms with Crippen molar-refractivity contribution in [3.05, 3.63) is 22.4 Å². The van der Waals surface area contributed by atoms with Crippen molar-refractivity contribution in [2.24, 2.45) is 0 Å². The van der Waals surface area contributed by atoms with Crippen LogP contribution in [-0.2, 0) is 0 Å². The van der Waals surface area contributed by atoms with Crippen molar-refractivity contribution in [2.45, 2.75) is 12.8 Å². The van der Waals surface area contributed by atoms with Gasteiger partial charge in [0.1, 0.15) is 11.6 Å². The molecule has 0 aromatic heterocycles. The lowest BCUT2D eigenvalue weighted by molar-refractivity contribution is 0.312. The van der Waals surface area contributed by atoms with E-state index in [0.29, 0.717) is 35.4 Å². The second-order valence-electron chi connectivity index (χ2n) is 2.91. The van der Waals surface area contributed by atoms with Gasteiger partial charge in [0.25, 0.3) is 0 Å². The quantitative estimate of drug-likeness (QED) is 0.677. The average Bonchev–Trinajstić information content (AvgIpc) is 2.20. The van der Waals surface area contributed by atoms with E-state index < -0.39 is 5.82 Å². The van der Waals surface area contributed by atoms with Crippen LogP contribution < -0.4 is 10.5 Å². The van der Waals surface area contributed by atoms with Crippen molar-refractivity contribution in [1.29, 1.82) is 5.26 Å². The topological polar surface area (TPSA) is 59.0 Å². The average molecular weight is 273 g/mol. The molecule has 0 heterocycles. The first kappa shape index (κ1) is 11.8. The Morgan fingerprint density at radius 3 is 2.93 bits per heavy atom. The van der Waals surface area contributed by atoms with Crippen LogP contribution in [0.3, 0.4) is 0 Å². The SMILES string of the molecule is N#CCCCOc1cc(F)c(Br)cc1N. The third kappa shape index (κ3) is 3.40. The summed E-state index contributed by atoms with van der Waals surface area (Å²) in [6, 6.07) is 4.68. The lowest BCUT2D eigenvalue weighted by Crippen LogP contribution is -2.00. The summed E-state index contributed by atoms with van der Waals surface area (Å²) in [5.41, 5.74) is 5.99. The first-order chi connectivity index (χ1) is 7.15. The molecule has 0 saturated carbocycles. The molecule has 15 heavy (non-hydrogen) atoms. The molecule has 0 bridgehead atoms. The maximum Gasteiger partial charge on any atom is 0.145 e. The van der Waals surface area contributed by atoms with Crippen LogP contribution >= 0.6 is 15.9 Å². The number of rotatable bonds is 4. The summed E-state index contributed by atoms with van der Waals surface area (Å²) in [6.07, 6.45) is 1.02. The molecule has 1 aromatic carbocycles. The van der Waals surface area contributed by atoms with Crippen LogP contribution in [0.5, 0.6) is 5.75 Å². The summed E-state index contributed by atoms with van der Waals surface area (Å²) >= 11 is 3.02. The van der Waals surface area contributed by atoms with Crippen LogP contribution in [0.4, 0.5) is 10.1 Å². The number of anilines is 1. The first-order valence-electron chi connectivity index (χ1n) is 4.39. The summed E-state index contributed by atoms with van der Waals surface area (Å²) in [5, 5.41) is 8.30. The fraction of sp³-hybridized carbons (Fsp3) is 0.300. The third-order valence-corrected chi connectivity index (χ3v) is 2.35. The van der Waals surface area contributed by atoms with Crippen LogP contribution in [0, 0.1) is 17.1 Å². The predicted molar refractivity (Wildman–Crippen MR) is 58.9 cm³/mol. The zero-order chi connectivity index (χ0) is 11.3. The molecule has 5 heteroatoms. The molecule has 0 aliphatic rings. The van der Waals surface area contributed by atoms with Crippen molar-refractivity contribution in [3.8, 4) is 11.8 Å². The Kier molecular flexibility index (Phi) is 4.37. The maximum atomic E-state index is 13.1. The number of nitriles is 1. The van der Waals surface area contributed by atoms with Gasteiger partial charge in [-0.25, -0.2) is 4.39 Å². The number of ether oxygens (including phenoxy) is 1. The first-order valence-corrected chi connectivity index (χ1v) is 5.18. The number of nitrogens with two attached hydrogens (primary N) is 1. The Labute approximate surface area is 95.8 Å². The van der Waals surface area contributed by atoms with Crippen LogP contribution in [0.2, 0.25) is 0 Å². The minimum atomic E-state index is -0.417. The van der Waals surface area contributed by atoms with Crippen molar-refractivity contribution >= 4 is 21.6 Å². The van der Waals surface area contributed by atoms with Gasteiger partial charge in [-0.1, -0.05) is 0 Å². The van der Waals surface area contributed by atoms with Gasteiger partial charge in [0.05, 0.1) is 22.8 Å². The van der Waals surface area contributed by atoms with Gasteiger partial charge in [0.2, 0.25) is 0 Å². The molecular weight excluding hydrogens is 263 g/mol. The van der Waals surface area contributed by atoms with Crippen molar-refractivity contribution < 1.29 is 9.13 Å². The van der Waals surface area contributed by atoms with E-state index in [4.69, 9.17) is 15.7 Å². The highest BCUT2D eigenvalue weighted by Gasteiger charge is 2.06. The molecule has 0 radical (unpaired) electrons. The highest BCUT2D eigenvalue weighted by Crippen LogP contribution is 2.28. The Bertz CT molecular complexity index is 390. The highest BCUT2D eigenvalue weighted by atomic mass is 79.9. The molecular formula is C10H10BrFN2O. The monoisotopic (exact) mass is 272 g/mol. The number of hydrogen-bond donors (Lipinski definition) is 1. The zero-order valence-corrected chi connectivity index (χ0v) is 9.55. The number of unbranched alkanes of at least 4 members (excludes halogenated alkanes) is 1. The molecule has 1 rings (SSSR count).